The summed E-state index contributed by atoms with van der Waals surface area (Å²) in [6, 6.07) is 17.2. The molecule has 312 valence electrons. The van der Waals surface area contributed by atoms with E-state index in [2.05, 4.69) is 31.2 Å². The van der Waals surface area contributed by atoms with Crippen molar-refractivity contribution in [3.05, 3.63) is 111 Å². The van der Waals surface area contributed by atoms with Crippen LogP contribution in [0.2, 0.25) is 0 Å². The summed E-state index contributed by atoms with van der Waals surface area (Å²) in [5.41, 5.74) is 2.01. The van der Waals surface area contributed by atoms with Gasteiger partial charge in [-0.1, -0.05) is 30.3 Å². The molecule has 4 aromatic rings. The van der Waals surface area contributed by atoms with E-state index in [0.717, 1.165) is 5.56 Å². The molecule has 16 nitrogen and oxygen atoms in total. The number of carbonyl (C=O) groups is 5. The monoisotopic (exact) mass is 809 g/mol. The summed E-state index contributed by atoms with van der Waals surface area (Å²) in [6.45, 7) is 4.82. The number of nitrogens with zero attached hydrogens (tertiary/aromatic N) is 2. The lowest BCUT2D eigenvalue weighted by Crippen LogP contribution is -2.54. The predicted octanol–water partition coefficient (Wildman–Crippen LogP) is 3.03. The Balaban J connectivity index is 1.41. The summed E-state index contributed by atoms with van der Waals surface area (Å²) >= 11 is 0. The molecule has 1 aromatic heterocycles. The first-order valence-electron chi connectivity index (χ1n) is 19.4. The van der Waals surface area contributed by atoms with Crippen LogP contribution >= 0.6 is 0 Å². The molecule has 3 aromatic carbocycles. The Bertz CT molecular complexity index is 2210. The van der Waals surface area contributed by atoms with Gasteiger partial charge >= 0.3 is 0 Å². The maximum absolute atomic E-state index is 13.8. The lowest BCUT2D eigenvalue weighted by Gasteiger charge is -2.25. The number of H-pyrrole nitrogens is 1. The quantitative estimate of drug-likeness (QED) is 0.172. The van der Waals surface area contributed by atoms with E-state index >= 15 is 0 Å². The second-order valence-corrected chi connectivity index (χ2v) is 14.2. The van der Waals surface area contributed by atoms with Crippen molar-refractivity contribution in [2.75, 3.05) is 33.9 Å². The van der Waals surface area contributed by atoms with Gasteiger partial charge in [0.05, 0.1) is 27.2 Å². The molecule has 5 amide bonds. The van der Waals surface area contributed by atoms with Gasteiger partial charge in [-0.2, -0.15) is 0 Å². The topological polar surface area (TPSA) is 210 Å². The number of aryl methyl sites for hydroxylation is 3. The number of ether oxygens (including phenoxy) is 3. The fourth-order valence-corrected chi connectivity index (χ4v) is 6.56. The fraction of sp³-hybridized carbons (Fsp3) is 0.372. The minimum atomic E-state index is -1.06. The molecular weight excluding hydrogens is 759 g/mol. The highest BCUT2D eigenvalue weighted by Crippen LogP contribution is 2.35. The van der Waals surface area contributed by atoms with Gasteiger partial charge in [-0.3, -0.25) is 28.8 Å². The van der Waals surface area contributed by atoms with E-state index in [-0.39, 0.29) is 49.7 Å². The molecule has 0 saturated carbocycles. The number of hydrogen-bond acceptors (Lipinski definition) is 10. The van der Waals surface area contributed by atoms with Crippen LogP contribution in [0.1, 0.15) is 64.8 Å². The van der Waals surface area contributed by atoms with Gasteiger partial charge in [-0.25, -0.2) is 4.98 Å². The number of benzene rings is 3. The number of fused-ring (bicyclic) bond motifs is 18. The van der Waals surface area contributed by atoms with Crippen molar-refractivity contribution < 1.29 is 38.2 Å². The van der Waals surface area contributed by atoms with Crippen molar-refractivity contribution >= 4 is 29.5 Å². The second kappa shape index (κ2) is 20.6. The standard InChI is InChI=1S/C43H51N7O9/c1-26-33(42(55)48-28(3)46-26)23-39(52)50-20-10-9-19-44-41(54)30-15-18-35(57-4)37(21-30)59-32-16-14-31(36(22-32)58-5)24-45-40(53)27(2)47-43(56)34(49-38(51)25-50)17-13-29-11-7-6-8-12-29/h6-8,11-12,14-16,18,21-22,27,34H,9-10,13,17,19-20,23-25H2,1-5H3,(H,44,54)(H,45,53)(H,47,56)(H,49,51)(H,46,48,55)/t27-,34-/m0/s1. The summed E-state index contributed by atoms with van der Waals surface area (Å²) in [7, 11) is 2.97. The zero-order chi connectivity index (χ0) is 42.5. The molecule has 0 aliphatic carbocycles. The Labute approximate surface area is 342 Å². The van der Waals surface area contributed by atoms with Crippen LogP contribution in [0.25, 0.3) is 0 Å². The van der Waals surface area contributed by atoms with Crippen LogP contribution in [0.15, 0.2) is 71.5 Å². The molecule has 0 fully saturated rings. The number of methoxy groups -OCH3 is 2. The van der Waals surface area contributed by atoms with Gasteiger partial charge in [0, 0.05) is 48.1 Å². The average Bonchev–Trinajstić information content (AvgIpc) is 3.22. The average molecular weight is 810 g/mol. The van der Waals surface area contributed by atoms with Crippen molar-refractivity contribution in [2.24, 2.45) is 0 Å². The largest absolute Gasteiger partial charge is 0.496 e. The van der Waals surface area contributed by atoms with Crippen LogP contribution in [-0.2, 0) is 38.6 Å². The first kappa shape index (κ1) is 43.4. The summed E-state index contributed by atoms with van der Waals surface area (Å²) in [4.78, 5) is 88.9. The third-order valence-corrected chi connectivity index (χ3v) is 9.83. The van der Waals surface area contributed by atoms with Crippen LogP contribution in [0.4, 0.5) is 0 Å². The molecule has 2 aliphatic rings. The van der Waals surface area contributed by atoms with Gasteiger partial charge < -0.3 is 45.4 Å². The number of aromatic nitrogens is 2. The van der Waals surface area contributed by atoms with Gasteiger partial charge in [-0.15, -0.1) is 0 Å². The molecule has 0 radical (unpaired) electrons. The van der Waals surface area contributed by atoms with E-state index in [0.29, 0.717) is 59.2 Å². The summed E-state index contributed by atoms with van der Waals surface area (Å²) in [5.74, 6) is -0.638. The van der Waals surface area contributed by atoms with E-state index in [9.17, 15) is 28.8 Å². The Hall–Kier alpha value is -6.71. The molecular formula is C43H51N7O9. The Kier molecular flexibility index (Phi) is 15.2. The Morgan fingerprint density at radius 2 is 1.64 bits per heavy atom. The van der Waals surface area contributed by atoms with Crippen LogP contribution in [-0.4, -0.2) is 90.3 Å². The minimum absolute atomic E-state index is 0.0591. The minimum Gasteiger partial charge on any atom is -0.496 e. The highest BCUT2D eigenvalue weighted by molar-refractivity contribution is 5.95. The molecule has 2 aliphatic heterocycles. The first-order chi connectivity index (χ1) is 28.3. The number of nitrogens with one attached hydrogen (secondary N) is 5. The van der Waals surface area contributed by atoms with Gasteiger partial charge in [0.2, 0.25) is 23.6 Å². The molecule has 5 N–H and O–H groups in total. The van der Waals surface area contributed by atoms with Crippen molar-refractivity contribution in [1.82, 2.24) is 36.1 Å². The van der Waals surface area contributed by atoms with E-state index in [1.54, 1.807) is 50.2 Å². The molecule has 4 bridgehead atoms. The molecule has 0 unspecified atom stereocenters. The molecule has 0 spiro atoms. The summed E-state index contributed by atoms with van der Waals surface area (Å²) in [5, 5.41) is 11.2. The van der Waals surface area contributed by atoms with E-state index < -0.39 is 47.8 Å². The molecule has 6 rings (SSSR count). The third kappa shape index (κ3) is 12.1. The van der Waals surface area contributed by atoms with E-state index in [1.165, 1.54) is 26.0 Å². The van der Waals surface area contributed by atoms with Crippen LogP contribution in [0, 0.1) is 13.8 Å². The van der Waals surface area contributed by atoms with Gasteiger partial charge in [-0.05, 0) is 82.3 Å². The Morgan fingerprint density at radius 1 is 0.881 bits per heavy atom. The predicted molar refractivity (Wildman–Crippen MR) is 218 cm³/mol. The smallest absolute Gasteiger partial charge is 0.254 e. The molecule has 2 atom stereocenters. The summed E-state index contributed by atoms with van der Waals surface area (Å²) in [6.07, 6.45) is 1.16. The fourth-order valence-electron chi connectivity index (χ4n) is 6.56. The van der Waals surface area contributed by atoms with E-state index in [1.807, 2.05) is 30.3 Å². The molecule has 16 heteroatoms. The van der Waals surface area contributed by atoms with Crippen molar-refractivity contribution in [3.63, 3.8) is 0 Å². The zero-order valence-electron chi connectivity index (χ0n) is 33.9. The van der Waals surface area contributed by atoms with E-state index in [4.69, 9.17) is 14.2 Å². The maximum atomic E-state index is 13.8. The van der Waals surface area contributed by atoms with Crippen molar-refractivity contribution in [2.45, 2.75) is 71.5 Å². The van der Waals surface area contributed by atoms with Crippen molar-refractivity contribution in [3.8, 4) is 23.0 Å². The van der Waals surface area contributed by atoms with Crippen LogP contribution in [0.5, 0.6) is 23.0 Å². The summed E-state index contributed by atoms with van der Waals surface area (Å²) < 4.78 is 17.2. The first-order valence-corrected chi connectivity index (χ1v) is 19.4. The normalized spacial score (nSPS) is 17.3. The number of aromatic amines is 1. The van der Waals surface area contributed by atoms with Crippen LogP contribution in [0.3, 0.4) is 0 Å². The van der Waals surface area contributed by atoms with Crippen molar-refractivity contribution in [1.29, 1.82) is 0 Å². The SMILES string of the molecule is COc1cc2ccc1CNC(=O)[C@H](C)NC(=O)[C@H](CCc1ccccc1)NC(=O)CN(C(=O)Cc1c(C)nc(C)[nH]c1=O)CCCCNC(=O)c1ccc(OC)c(c1)O2. The maximum Gasteiger partial charge on any atom is 0.254 e. The molecule has 59 heavy (non-hydrogen) atoms. The molecule has 3 heterocycles. The lowest BCUT2D eigenvalue weighted by atomic mass is 10.0. The zero-order valence-corrected chi connectivity index (χ0v) is 33.9. The number of amides is 5. The number of rotatable bonds is 7. The third-order valence-electron chi connectivity index (χ3n) is 9.83. The number of carbonyl (C=O) groups excluding carboxylic acids is 5. The van der Waals surface area contributed by atoms with Crippen LogP contribution < -0.4 is 41.0 Å². The highest BCUT2D eigenvalue weighted by Gasteiger charge is 2.27. The lowest BCUT2D eigenvalue weighted by molar-refractivity contribution is -0.137. The second-order valence-electron chi connectivity index (χ2n) is 14.2. The number of hydrogen-bond donors (Lipinski definition) is 5. The molecule has 0 saturated heterocycles. The van der Waals surface area contributed by atoms with Gasteiger partial charge in [0.25, 0.3) is 11.5 Å². The Morgan fingerprint density at radius 3 is 2.37 bits per heavy atom. The highest BCUT2D eigenvalue weighted by atomic mass is 16.5. The van der Waals surface area contributed by atoms with Gasteiger partial charge in [0.15, 0.2) is 11.5 Å². The van der Waals surface area contributed by atoms with Gasteiger partial charge in [0.1, 0.15) is 29.4 Å².